The summed E-state index contributed by atoms with van der Waals surface area (Å²) in [4.78, 5) is 0. The average Bonchev–Trinajstić information content (AvgIpc) is 2.13. The summed E-state index contributed by atoms with van der Waals surface area (Å²) in [6.45, 7) is 6.57. The first-order valence-electron chi connectivity index (χ1n) is 5.61. The normalized spacial score (nSPS) is 16.3. The van der Waals surface area contributed by atoms with Gasteiger partial charge < -0.3 is 5.73 Å². The number of sulfonamides is 1. The average molecular weight is 236 g/mol. The number of nitrogens with two attached hydrogens (primary N) is 1. The van der Waals surface area contributed by atoms with E-state index >= 15 is 0 Å². The number of hydrogen-bond donors (Lipinski definition) is 2. The molecule has 0 fully saturated rings. The minimum atomic E-state index is -3.13. The standard InChI is InChI=1S/C10H24N2O2S/c1-4-9(2)8-10(3)12-15(13,14)7-5-6-11/h9-10,12H,4-8,11H2,1-3H3. The van der Waals surface area contributed by atoms with Crippen molar-refractivity contribution in [2.45, 2.75) is 46.1 Å². The van der Waals surface area contributed by atoms with Crippen molar-refractivity contribution in [2.75, 3.05) is 12.3 Å². The maximum atomic E-state index is 11.5. The van der Waals surface area contributed by atoms with Crippen molar-refractivity contribution >= 4 is 10.0 Å². The Morgan fingerprint density at radius 2 is 1.93 bits per heavy atom. The Balaban J connectivity index is 3.98. The molecule has 0 bridgehead atoms. The Labute approximate surface area is 93.7 Å². The predicted octanol–water partition coefficient (Wildman–Crippen LogP) is 1.08. The van der Waals surface area contributed by atoms with E-state index in [-0.39, 0.29) is 11.8 Å². The van der Waals surface area contributed by atoms with Gasteiger partial charge in [-0.3, -0.25) is 0 Å². The van der Waals surface area contributed by atoms with Gasteiger partial charge >= 0.3 is 0 Å². The number of nitrogens with one attached hydrogen (secondary N) is 1. The SMILES string of the molecule is CCC(C)CC(C)NS(=O)(=O)CCCN. The van der Waals surface area contributed by atoms with Gasteiger partial charge in [-0.15, -0.1) is 0 Å². The second-order valence-corrected chi connectivity index (χ2v) is 6.10. The lowest BCUT2D eigenvalue weighted by Gasteiger charge is -2.17. The Bertz CT molecular complexity index is 252. The monoisotopic (exact) mass is 236 g/mol. The minimum absolute atomic E-state index is 0.0164. The van der Waals surface area contributed by atoms with Crippen LogP contribution in [0.4, 0.5) is 0 Å². The molecule has 5 heteroatoms. The lowest BCUT2D eigenvalue weighted by atomic mass is 10.0. The van der Waals surface area contributed by atoms with Crippen LogP contribution in [-0.4, -0.2) is 26.8 Å². The van der Waals surface area contributed by atoms with Crippen molar-refractivity contribution in [1.29, 1.82) is 0 Å². The van der Waals surface area contributed by atoms with E-state index in [1.54, 1.807) is 0 Å². The lowest BCUT2D eigenvalue weighted by molar-refractivity contribution is 0.445. The van der Waals surface area contributed by atoms with Crippen molar-refractivity contribution in [2.24, 2.45) is 11.7 Å². The molecule has 0 aliphatic carbocycles. The lowest BCUT2D eigenvalue weighted by Crippen LogP contribution is -2.35. The molecule has 2 atom stereocenters. The van der Waals surface area contributed by atoms with Crippen molar-refractivity contribution < 1.29 is 8.42 Å². The Hall–Kier alpha value is -0.130. The third-order valence-electron chi connectivity index (χ3n) is 2.45. The van der Waals surface area contributed by atoms with Crippen LogP contribution in [0.2, 0.25) is 0 Å². The van der Waals surface area contributed by atoms with E-state index in [9.17, 15) is 8.42 Å². The van der Waals surface area contributed by atoms with E-state index in [4.69, 9.17) is 5.73 Å². The summed E-state index contributed by atoms with van der Waals surface area (Å²) in [5, 5.41) is 0. The summed E-state index contributed by atoms with van der Waals surface area (Å²) in [7, 11) is -3.13. The second-order valence-electron chi connectivity index (χ2n) is 4.23. The maximum Gasteiger partial charge on any atom is 0.211 e. The quantitative estimate of drug-likeness (QED) is 0.662. The molecule has 0 saturated heterocycles. The van der Waals surface area contributed by atoms with Gasteiger partial charge in [0.1, 0.15) is 0 Å². The second kappa shape index (κ2) is 7.19. The van der Waals surface area contributed by atoms with Crippen LogP contribution >= 0.6 is 0 Å². The van der Waals surface area contributed by atoms with E-state index in [0.29, 0.717) is 18.9 Å². The van der Waals surface area contributed by atoms with Crippen LogP contribution in [0.5, 0.6) is 0 Å². The molecule has 2 unspecified atom stereocenters. The van der Waals surface area contributed by atoms with Crippen molar-refractivity contribution in [1.82, 2.24) is 4.72 Å². The van der Waals surface area contributed by atoms with Gasteiger partial charge in [0, 0.05) is 6.04 Å². The van der Waals surface area contributed by atoms with Gasteiger partial charge in [-0.1, -0.05) is 20.3 Å². The van der Waals surface area contributed by atoms with Crippen molar-refractivity contribution in [3.63, 3.8) is 0 Å². The molecule has 3 N–H and O–H groups in total. The fourth-order valence-electron chi connectivity index (χ4n) is 1.46. The number of rotatable bonds is 8. The van der Waals surface area contributed by atoms with E-state index in [1.165, 1.54) is 0 Å². The minimum Gasteiger partial charge on any atom is -0.330 e. The first kappa shape index (κ1) is 14.9. The van der Waals surface area contributed by atoms with Crippen LogP contribution in [-0.2, 0) is 10.0 Å². The molecular formula is C10H24N2O2S. The zero-order valence-corrected chi connectivity index (χ0v) is 10.8. The van der Waals surface area contributed by atoms with Gasteiger partial charge in [0.2, 0.25) is 10.0 Å². The van der Waals surface area contributed by atoms with Crippen LogP contribution in [0.1, 0.15) is 40.0 Å². The molecule has 0 radical (unpaired) electrons. The molecule has 0 aliphatic rings. The molecule has 0 aromatic rings. The van der Waals surface area contributed by atoms with Crippen LogP contribution in [0.3, 0.4) is 0 Å². The zero-order chi connectivity index (χ0) is 11.9. The molecular weight excluding hydrogens is 212 g/mol. The fraction of sp³-hybridized carbons (Fsp3) is 1.00. The molecule has 0 aliphatic heterocycles. The highest BCUT2D eigenvalue weighted by molar-refractivity contribution is 7.89. The highest BCUT2D eigenvalue weighted by atomic mass is 32.2. The Morgan fingerprint density at radius 3 is 2.40 bits per heavy atom. The van der Waals surface area contributed by atoms with Crippen molar-refractivity contribution in [3.8, 4) is 0 Å². The predicted molar refractivity (Wildman–Crippen MR) is 64.1 cm³/mol. The highest BCUT2D eigenvalue weighted by Crippen LogP contribution is 2.10. The Morgan fingerprint density at radius 1 is 1.33 bits per heavy atom. The Kier molecular flexibility index (Phi) is 7.13. The third-order valence-corrected chi connectivity index (χ3v) is 4.04. The summed E-state index contributed by atoms with van der Waals surface area (Å²) in [5.74, 6) is 0.686. The molecule has 0 heterocycles. The summed E-state index contributed by atoms with van der Waals surface area (Å²) in [6.07, 6.45) is 2.48. The van der Waals surface area contributed by atoms with Crippen LogP contribution in [0.25, 0.3) is 0 Å². The van der Waals surface area contributed by atoms with E-state index in [1.807, 2.05) is 6.92 Å². The van der Waals surface area contributed by atoms with Crippen LogP contribution in [0.15, 0.2) is 0 Å². The fourth-order valence-corrected chi connectivity index (χ4v) is 2.83. The molecule has 0 saturated carbocycles. The topological polar surface area (TPSA) is 72.2 Å². The molecule has 92 valence electrons. The first-order chi connectivity index (χ1) is 6.91. The largest absolute Gasteiger partial charge is 0.330 e. The van der Waals surface area contributed by atoms with Gasteiger partial charge in [-0.05, 0) is 32.2 Å². The molecule has 0 aromatic carbocycles. The van der Waals surface area contributed by atoms with Gasteiger partial charge in [0.05, 0.1) is 5.75 Å². The zero-order valence-electron chi connectivity index (χ0n) is 9.99. The van der Waals surface area contributed by atoms with Gasteiger partial charge in [0.15, 0.2) is 0 Å². The van der Waals surface area contributed by atoms with E-state index < -0.39 is 10.0 Å². The molecule has 0 aromatic heterocycles. The highest BCUT2D eigenvalue weighted by Gasteiger charge is 2.15. The summed E-state index contributed by atoms with van der Waals surface area (Å²) < 4.78 is 25.7. The molecule has 0 amide bonds. The van der Waals surface area contributed by atoms with Gasteiger partial charge in [-0.25, -0.2) is 13.1 Å². The molecule has 4 nitrogen and oxygen atoms in total. The van der Waals surface area contributed by atoms with E-state index in [0.717, 1.165) is 12.8 Å². The maximum absolute atomic E-state index is 11.5. The molecule has 0 spiro atoms. The summed E-state index contributed by atoms with van der Waals surface area (Å²) >= 11 is 0. The summed E-state index contributed by atoms with van der Waals surface area (Å²) in [5.41, 5.74) is 5.28. The van der Waals surface area contributed by atoms with Crippen LogP contribution < -0.4 is 10.5 Å². The van der Waals surface area contributed by atoms with E-state index in [2.05, 4.69) is 18.6 Å². The molecule has 0 rings (SSSR count). The molecule has 15 heavy (non-hydrogen) atoms. The number of hydrogen-bond acceptors (Lipinski definition) is 3. The van der Waals surface area contributed by atoms with Crippen molar-refractivity contribution in [3.05, 3.63) is 0 Å². The van der Waals surface area contributed by atoms with Gasteiger partial charge in [0.25, 0.3) is 0 Å². The van der Waals surface area contributed by atoms with Crippen LogP contribution in [0, 0.1) is 5.92 Å². The third kappa shape index (κ3) is 7.76. The first-order valence-corrected chi connectivity index (χ1v) is 7.26. The summed E-state index contributed by atoms with van der Waals surface area (Å²) in [6, 6.07) is 0.0164. The smallest absolute Gasteiger partial charge is 0.211 e. The van der Waals surface area contributed by atoms with Gasteiger partial charge in [-0.2, -0.15) is 0 Å².